The summed E-state index contributed by atoms with van der Waals surface area (Å²) in [4.78, 5) is 11.3. The summed E-state index contributed by atoms with van der Waals surface area (Å²) in [6.07, 6.45) is 0.980. The van der Waals surface area contributed by atoms with Crippen LogP contribution in [0.1, 0.15) is 24.0 Å². The molecule has 80 valence electrons. The van der Waals surface area contributed by atoms with E-state index in [0.29, 0.717) is 5.92 Å². The van der Waals surface area contributed by atoms with Crippen molar-refractivity contribution < 1.29 is 0 Å². The quantitative estimate of drug-likeness (QED) is 0.726. The Morgan fingerprint density at radius 2 is 2.19 bits per heavy atom. The fourth-order valence-corrected chi connectivity index (χ4v) is 2.38. The molecule has 1 aromatic carbocycles. The summed E-state index contributed by atoms with van der Waals surface area (Å²) >= 11 is 0. The molecule has 0 bridgehead atoms. The fraction of sp³-hybridized carbons (Fsp3) is 0.231. The Morgan fingerprint density at radius 3 is 3.06 bits per heavy atom. The van der Waals surface area contributed by atoms with Crippen LogP contribution >= 0.6 is 0 Å². The van der Waals surface area contributed by atoms with Gasteiger partial charge in [-0.1, -0.05) is 31.2 Å². The van der Waals surface area contributed by atoms with Gasteiger partial charge in [-0.15, -0.1) is 0 Å². The van der Waals surface area contributed by atoms with E-state index in [4.69, 9.17) is 0 Å². The molecule has 1 aliphatic carbocycles. The normalized spacial score (nSPS) is 17.7. The van der Waals surface area contributed by atoms with Gasteiger partial charge in [-0.3, -0.25) is 4.79 Å². The second-order valence-corrected chi connectivity index (χ2v) is 4.30. The molecule has 1 aliphatic rings. The van der Waals surface area contributed by atoms with Crippen molar-refractivity contribution in [3.63, 3.8) is 0 Å². The van der Waals surface area contributed by atoms with Crippen molar-refractivity contribution in [2.45, 2.75) is 19.3 Å². The van der Waals surface area contributed by atoms with Crippen LogP contribution in [0.5, 0.6) is 0 Å². The van der Waals surface area contributed by atoms with Gasteiger partial charge < -0.3 is 0 Å². The van der Waals surface area contributed by atoms with E-state index in [2.05, 4.69) is 29.3 Å². The van der Waals surface area contributed by atoms with Gasteiger partial charge >= 0.3 is 0 Å². The first-order valence-corrected chi connectivity index (χ1v) is 5.43. The van der Waals surface area contributed by atoms with Crippen molar-refractivity contribution >= 4 is 0 Å². The maximum atomic E-state index is 11.3. The predicted molar refractivity (Wildman–Crippen MR) is 62.4 cm³/mol. The molecule has 3 rings (SSSR count). The standard InChI is InChI=1S/C13H12N2O/c1-8-6-9-4-2-3-5-10(9)13-11(8)7-12(16)14-15-13/h2-5,7-8H,6H2,1H3,(H,14,16). The van der Waals surface area contributed by atoms with E-state index in [9.17, 15) is 4.79 Å². The van der Waals surface area contributed by atoms with E-state index in [1.54, 1.807) is 6.07 Å². The lowest BCUT2D eigenvalue weighted by Gasteiger charge is -2.23. The lowest BCUT2D eigenvalue weighted by molar-refractivity contribution is 0.732. The van der Waals surface area contributed by atoms with Gasteiger partial charge in [0.15, 0.2) is 0 Å². The molecule has 0 amide bonds. The third-order valence-corrected chi connectivity index (χ3v) is 3.17. The lowest BCUT2D eigenvalue weighted by Crippen LogP contribution is -2.16. The highest BCUT2D eigenvalue weighted by Crippen LogP contribution is 2.36. The van der Waals surface area contributed by atoms with Gasteiger partial charge in [-0.25, -0.2) is 5.10 Å². The average Bonchev–Trinajstić information content (AvgIpc) is 2.29. The topological polar surface area (TPSA) is 45.8 Å². The summed E-state index contributed by atoms with van der Waals surface area (Å²) < 4.78 is 0. The van der Waals surface area contributed by atoms with Gasteiger partial charge in [0, 0.05) is 11.6 Å². The van der Waals surface area contributed by atoms with Gasteiger partial charge in [0.2, 0.25) is 0 Å². The highest BCUT2D eigenvalue weighted by atomic mass is 16.1. The molecule has 0 saturated heterocycles. The molecule has 0 radical (unpaired) electrons. The minimum atomic E-state index is -0.120. The van der Waals surface area contributed by atoms with Crippen molar-refractivity contribution in [1.29, 1.82) is 0 Å². The van der Waals surface area contributed by atoms with Crippen LogP contribution in [0.2, 0.25) is 0 Å². The fourth-order valence-electron chi connectivity index (χ4n) is 2.38. The van der Waals surface area contributed by atoms with Crippen molar-refractivity contribution in [3.8, 4) is 11.3 Å². The molecule has 1 atom stereocenters. The van der Waals surface area contributed by atoms with E-state index >= 15 is 0 Å². The lowest BCUT2D eigenvalue weighted by atomic mass is 9.83. The third-order valence-electron chi connectivity index (χ3n) is 3.17. The second-order valence-electron chi connectivity index (χ2n) is 4.30. The number of aromatic amines is 1. The Bertz CT molecular complexity index is 601. The van der Waals surface area contributed by atoms with Crippen LogP contribution in [-0.2, 0) is 6.42 Å². The minimum Gasteiger partial charge on any atom is -0.268 e. The van der Waals surface area contributed by atoms with E-state index in [-0.39, 0.29) is 5.56 Å². The van der Waals surface area contributed by atoms with E-state index in [0.717, 1.165) is 23.2 Å². The Kier molecular flexibility index (Phi) is 1.93. The van der Waals surface area contributed by atoms with Crippen molar-refractivity contribution in [2.24, 2.45) is 0 Å². The zero-order valence-electron chi connectivity index (χ0n) is 9.03. The summed E-state index contributed by atoms with van der Waals surface area (Å²) in [6.45, 7) is 2.13. The number of hydrogen-bond donors (Lipinski definition) is 1. The van der Waals surface area contributed by atoms with Crippen LogP contribution < -0.4 is 5.56 Å². The highest BCUT2D eigenvalue weighted by Gasteiger charge is 2.22. The summed E-state index contributed by atoms with van der Waals surface area (Å²) in [5, 5.41) is 6.69. The molecule has 16 heavy (non-hydrogen) atoms. The number of aromatic nitrogens is 2. The largest absolute Gasteiger partial charge is 0.268 e. The Morgan fingerprint density at radius 1 is 1.38 bits per heavy atom. The van der Waals surface area contributed by atoms with Crippen LogP contribution in [0.3, 0.4) is 0 Å². The van der Waals surface area contributed by atoms with E-state index in [1.807, 2.05) is 12.1 Å². The van der Waals surface area contributed by atoms with Gasteiger partial charge in [0.05, 0.1) is 5.69 Å². The molecular formula is C13H12N2O. The summed E-state index contributed by atoms with van der Waals surface area (Å²) in [5.74, 6) is 0.361. The number of benzene rings is 1. The van der Waals surface area contributed by atoms with Crippen LogP contribution in [0.25, 0.3) is 11.3 Å². The first-order valence-electron chi connectivity index (χ1n) is 5.43. The Labute approximate surface area is 93.1 Å². The predicted octanol–water partition coefficient (Wildman–Crippen LogP) is 2.10. The number of rotatable bonds is 0. The van der Waals surface area contributed by atoms with Crippen molar-refractivity contribution in [3.05, 3.63) is 51.8 Å². The molecule has 0 saturated carbocycles. The van der Waals surface area contributed by atoms with Gasteiger partial charge in [-0.2, -0.15) is 5.10 Å². The number of hydrogen-bond acceptors (Lipinski definition) is 2. The van der Waals surface area contributed by atoms with Gasteiger partial charge in [-0.05, 0) is 23.5 Å². The summed E-state index contributed by atoms with van der Waals surface area (Å²) in [5.41, 5.74) is 4.32. The average molecular weight is 212 g/mol. The molecular weight excluding hydrogens is 200 g/mol. The van der Waals surface area contributed by atoms with E-state index in [1.165, 1.54) is 5.56 Å². The maximum Gasteiger partial charge on any atom is 0.264 e. The van der Waals surface area contributed by atoms with E-state index < -0.39 is 0 Å². The maximum absolute atomic E-state index is 11.3. The molecule has 3 heteroatoms. The number of nitrogens with one attached hydrogen (secondary N) is 1. The van der Waals surface area contributed by atoms with Crippen LogP contribution in [0.15, 0.2) is 35.1 Å². The van der Waals surface area contributed by atoms with Crippen molar-refractivity contribution in [1.82, 2.24) is 10.2 Å². The second kappa shape index (κ2) is 3.30. The number of H-pyrrole nitrogens is 1. The first kappa shape index (κ1) is 9.33. The molecule has 0 aliphatic heterocycles. The highest BCUT2D eigenvalue weighted by molar-refractivity contribution is 5.69. The Balaban J connectivity index is 2.32. The molecule has 1 N–H and O–H groups in total. The number of fused-ring (bicyclic) bond motifs is 3. The Hall–Kier alpha value is -1.90. The molecule has 0 spiro atoms. The van der Waals surface area contributed by atoms with Gasteiger partial charge in [0.25, 0.3) is 5.56 Å². The molecule has 1 aromatic heterocycles. The number of nitrogens with zero attached hydrogens (tertiary/aromatic N) is 1. The van der Waals surface area contributed by atoms with Crippen molar-refractivity contribution in [2.75, 3.05) is 0 Å². The molecule has 3 nitrogen and oxygen atoms in total. The monoisotopic (exact) mass is 212 g/mol. The smallest absolute Gasteiger partial charge is 0.264 e. The zero-order chi connectivity index (χ0) is 11.1. The zero-order valence-corrected chi connectivity index (χ0v) is 9.03. The van der Waals surface area contributed by atoms with Crippen LogP contribution in [0.4, 0.5) is 0 Å². The molecule has 1 heterocycles. The van der Waals surface area contributed by atoms with Crippen LogP contribution in [-0.4, -0.2) is 10.2 Å². The minimum absolute atomic E-state index is 0.120. The molecule has 2 aromatic rings. The summed E-state index contributed by atoms with van der Waals surface area (Å²) in [6, 6.07) is 9.91. The van der Waals surface area contributed by atoms with Crippen LogP contribution in [0, 0.1) is 0 Å². The molecule has 0 fully saturated rings. The first-order chi connectivity index (χ1) is 7.75. The SMILES string of the molecule is CC1Cc2ccccc2-c2n[nH]c(=O)cc21. The summed E-state index contributed by atoms with van der Waals surface area (Å²) in [7, 11) is 0. The molecule has 1 unspecified atom stereocenters. The third kappa shape index (κ3) is 1.28. The van der Waals surface area contributed by atoms with Gasteiger partial charge in [0.1, 0.15) is 0 Å².